The van der Waals surface area contributed by atoms with E-state index in [9.17, 15) is 5.11 Å². The second kappa shape index (κ2) is 5.57. The van der Waals surface area contributed by atoms with E-state index in [0.717, 1.165) is 28.9 Å². The van der Waals surface area contributed by atoms with Gasteiger partial charge in [0.1, 0.15) is 0 Å². The van der Waals surface area contributed by atoms with E-state index in [1.807, 2.05) is 7.05 Å². The van der Waals surface area contributed by atoms with Crippen LogP contribution in [0.1, 0.15) is 58.3 Å². The van der Waals surface area contributed by atoms with Crippen molar-refractivity contribution in [2.45, 2.75) is 52.6 Å². The Balaban J connectivity index is 2.02. The smallest absolute Gasteiger partial charge is 0.0996 e. The van der Waals surface area contributed by atoms with Gasteiger partial charge in [0.25, 0.3) is 0 Å². The van der Waals surface area contributed by atoms with E-state index in [0.29, 0.717) is 11.3 Å². The van der Waals surface area contributed by atoms with Crippen LogP contribution in [0.15, 0.2) is 10.7 Å². The summed E-state index contributed by atoms with van der Waals surface area (Å²) in [5.41, 5.74) is 1.31. The van der Waals surface area contributed by atoms with E-state index in [2.05, 4.69) is 41.8 Å². The highest BCUT2D eigenvalue weighted by molar-refractivity contribution is 9.10. The number of rotatable bonds is 2. The summed E-state index contributed by atoms with van der Waals surface area (Å²) in [5.74, 6) is 1.15. The molecule has 1 aromatic heterocycles. The molecule has 1 atom stereocenters. The fraction of sp³-hybridized carbons (Fsp3) is 0.800. The van der Waals surface area contributed by atoms with Gasteiger partial charge in [-0.25, -0.2) is 0 Å². The van der Waals surface area contributed by atoms with Crippen LogP contribution in [-0.4, -0.2) is 14.9 Å². The minimum absolute atomic E-state index is 0.366. The van der Waals surface area contributed by atoms with E-state index in [4.69, 9.17) is 0 Å². The Labute approximate surface area is 124 Å². The SMILES string of the molecule is Cn1ncc(Br)c1C(O)C1CCC(C(C)(C)C)CC1. The summed E-state index contributed by atoms with van der Waals surface area (Å²) in [4.78, 5) is 0. The van der Waals surface area contributed by atoms with Crippen molar-refractivity contribution in [1.82, 2.24) is 9.78 Å². The lowest BCUT2D eigenvalue weighted by Crippen LogP contribution is -2.28. The quantitative estimate of drug-likeness (QED) is 0.888. The maximum absolute atomic E-state index is 10.6. The van der Waals surface area contributed by atoms with Gasteiger partial charge in [-0.05, 0) is 58.9 Å². The molecule has 1 aromatic rings. The van der Waals surface area contributed by atoms with Crippen molar-refractivity contribution < 1.29 is 5.11 Å². The number of halogens is 1. The Morgan fingerprint density at radius 2 is 1.89 bits per heavy atom. The minimum atomic E-state index is -0.400. The van der Waals surface area contributed by atoms with Gasteiger partial charge < -0.3 is 5.11 Å². The third-order valence-corrected chi connectivity index (χ3v) is 5.27. The Morgan fingerprint density at radius 3 is 2.32 bits per heavy atom. The summed E-state index contributed by atoms with van der Waals surface area (Å²) in [6.07, 6.45) is 6.03. The van der Waals surface area contributed by atoms with Crippen LogP contribution in [0.2, 0.25) is 0 Å². The van der Waals surface area contributed by atoms with E-state index in [1.54, 1.807) is 10.9 Å². The van der Waals surface area contributed by atoms with Crippen molar-refractivity contribution >= 4 is 15.9 Å². The second-order valence-corrected chi connectivity index (χ2v) is 7.78. The summed E-state index contributed by atoms with van der Waals surface area (Å²) in [6, 6.07) is 0. The summed E-state index contributed by atoms with van der Waals surface area (Å²) in [5, 5.41) is 14.8. The van der Waals surface area contributed by atoms with Gasteiger partial charge >= 0.3 is 0 Å². The molecule has 0 radical (unpaired) electrons. The highest BCUT2D eigenvalue weighted by Crippen LogP contribution is 2.44. The van der Waals surface area contributed by atoms with Crippen molar-refractivity contribution in [3.05, 3.63) is 16.4 Å². The largest absolute Gasteiger partial charge is 0.386 e. The number of aliphatic hydroxyl groups is 1. The average molecular weight is 329 g/mol. The standard InChI is InChI=1S/C15H25BrN2O/c1-15(2,3)11-7-5-10(6-8-11)14(19)13-12(16)9-17-18(13)4/h9-11,14,19H,5-8H2,1-4H3. The van der Waals surface area contributed by atoms with Gasteiger partial charge in [-0.2, -0.15) is 5.10 Å². The fourth-order valence-electron chi connectivity index (χ4n) is 3.28. The Morgan fingerprint density at radius 1 is 1.32 bits per heavy atom. The van der Waals surface area contributed by atoms with Crippen LogP contribution in [0, 0.1) is 17.3 Å². The monoisotopic (exact) mass is 328 g/mol. The van der Waals surface area contributed by atoms with E-state index in [-0.39, 0.29) is 0 Å². The van der Waals surface area contributed by atoms with Gasteiger partial charge in [-0.3, -0.25) is 4.68 Å². The molecule has 1 aliphatic rings. The van der Waals surface area contributed by atoms with Crippen LogP contribution in [0.3, 0.4) is 0 Å². The highest BCUT2D eigenvalue weighted by atomic mass is 79.9. The van der Waals surface area contributed by atoms with Gasteiger partial charge in [0, 0.05) is 7.05 Å². The summed E-state index contributed by atoms with van der Waals surface area (Å²) in [7, 11) is 1.89. The average Bonchev–Trinajstić information content (AvgIpc) is 2.67. The lowest BCUT2D eigenvalue weighted by atomic mass is 9.68. The Bertz CT molecular complexity index is 408. The molecule has 1 fully saturated rings. The second-order valence-electron chi connectivity index (χ2n) is 6.92. The third-order valence-electron chi connectivity index (χ3n) is 4.66. The zero-order valence-corrected chi connectivity index (χ0v) is 13.9. The first-order valence-corrected chi connectivity index (χ1v) is 7.95. The summed E-state index contributed by atoms with van der Waals surface area (Å²) in [6.45, 7) is 6.98. The molecule has 2 rings (SSSR count). The molecular formula is C15H25BrN2O. The number of aromatic nitrogens is 2. The molecule has 0 aromatic carbocycles. The topological polar surface area (TPSA) is 38.0 Å². The van der Waals surface area contributed by atoms with Crippen molar-refractivity contribution in [3.8, 4) is 0 Å². The van der Waals surface area contributed by atoms with Crippen LogP contribution in [0.25, 0.3) is 0 Å². The molecule has 1 N–H and O–H groups in total. The van der Waals surface area contributed by atoms with Crippen molar-refractivity contribution in [2.75, 3.05) is 0 Å². The summed E-state index contributed by atoms with van der Waals surface area (Å²) < 4.78 is 2.70. The van der Waals surface area contributed by atoms with Gasteiger partial charge in [0.2, 0.25) is 0 Å². The van der Waals surface area contributed by atoms with E-state index >= 15 is 0 Å². The molecule has 1 unspecified atom stereocenters. The number of hydrogen-bond acceptors (Lipinski definition) is 2. The van der Waals surface area contributed by atoms with Gasteiger partial charge in [0.15, 0.2) is 0 Å². The van der Waals surface area contributed by atoms with Crippen molar-refractivity contribution in [3.63, 3.8) is 0 Å². The summed E-state index contributed by atoms with van der Waals surface area (Å²) >= 11 is 3.48. The molecule has 3 nitrogen and oxygen atoms in total. The molecule has 1 heterocycles. The van der Waals surface area contributed by atoms with Crippen LogP contribution in [0.5, 0.6) is 0 Å². The molecule has 0 amide bonds. The molecule has 0 bridgehead atoms. The van der Waals surface area contributed by atoms with Gasteiger partial charge in [-0.15, -0.1) is 0 Å². The molecule has 4 heteroatoms. The van der Waals surface area contributed by atoms with E-state index < -0.39 is 6.10 Å². The fourth-order valence-corrected chi connectivity index (χ4v) is 3.86. The first-order valence-electron chi connectivity index (χ1n) is 7.16. The maximum Gasteiger partial charge on any atom is 0.0996 e. The van der Waals surface area contributed by atoms with Crippen LogP contribution in [-0.2, 0) is 7.05 Å². The number of aliphatic hydroxyl groups excluding tert-OH is 1. The van der Waals surface area contributed by atoms with Crippen LogP contribution < -0.4 is 0 Å². The van der Waals surface area contributed by atoms with Gasteiger partial charge in [-0.1, -0.05) is 20.8 Å². The first kappa shape index (κ1) is 15.0. The molecule has 19 heavy (non-hydrogen) atoms. The van der Waals surface area contributed by atoms with Crippen LogP contribution >= 0.6 is 15.9 Å². The Hall–Kier alpha value is -0.350. The lowest BCUT2D eigenvalue weighted by molar-refractivity contribution is 0.0474. The van der Waals surface area contributed by atoms with Crippen molar-refractivity contribution in [2.24, 2.45) is 24.3 Å². The molecule has 0 saturated heterocycles. The third kappa shape index (κ3) is 3.22. The molecule has 0 aliphatic heterocycles. The first-order chi connectivity index (χ1) is 8.80. The predicted octanol–water partition coefficient (Wildman–Crippen LogP) is 4.07. The van der Waals surface area contributed by atoms with Crippen molar-refractivity contribution in [1.29, 1.82) is 0 Å². The van der Waals surface area contributed by atoms with Gasteiger partial charge in [0.05, 0.1) is 22.5 Å². The molecule has 0 spiro atoms. The normalized spacial score (nSPS) is 26.4. The van der Waals surface area contributed by atoms with Crippen LogP contribution in [0.4, 0.5) is 0 Å². The minimum Gasteiger partial charge on any atom is -0.386 e. The molecule has 1 aliphatic carbocycles. The molecular weight excluding hydrogens is 304 g/mol. The number of aryl methyl sites for hydroxylation is 1. The molecule has 1 saturated carbocycles. The molecule has 108 valence electrons. The zero-order chi connectivity index (χ0) is 14.2. The maximum atomic E-state index is 10.6. The zero-order valence-electron chi connectivity index (χ0n) is 12.4. The number of hydrogen-bond donors (Lipinski definition) is 1. The Kier molecular flexibility index (Phi) is 4.41. The lowest BCUT2D eigenvalue weighted by Gasteiger charge is -2.38. The highest BCUT2D eigenvalue weighted by Gasteiger charge is 2.34. The predicted molar refractivity (Wildman–Crippen MR) is 80.8 cm³/mol. The van der Waals surface area contributed by atoms with E-state index in [1.165, 1.54) is 12.8 Å². The number of nitrogens with zero attached hydrogens (tertiary/aromatic N) is 2.